The van der Waals surface area contributed by atoms with E-state index in [9.17, 15) is 9.59 Å². The summed E-state index contributed by atoms with van der Waals surface area (Å²) in [6.45, 7) is 9.43. The molecule has 140 valence electrons. The van der Waals surface area contributed by atoms with Crippen LogP contribution in [0.3, 0.4) is 0 Å². The average molecular weight is 377 g/mol. The predicted molar refractivity (Wildman–Crippen MR) is 100 cm³/mol. The van der Waals surface area contributed by atoms with Gasteiger partial charge in [0.15, 0.2) is 0 Å². The summed E-state index contributed by atoms with van der Waals surface area (Å²) < 4.78 is 5.76. The van der Waals surface area contributed by atoms with Crippen LogP contribution in [0.2, 0.25) is 5.02 Å². The number of hydrogen-bond acceptors (Lipinski definition) is 3. The molecule has 6 heteroatoms. The van der Waals surface area contributed by atoms with E-state index in [1.54, 1.807) is 4.90 Å². The van der Waals surface area contributed by atoms with Crippen molar-refractivity contribution in [2.24, 2.45) is 11.3 Å². The van der Waals surface area contributed by atoms with E-state index in [1.165, 1.54) is 0 Å². The van der Waals surface area contributed by atoms with E-state index >= 15 is 0 Å². The maximum atomic E-state index is 12.9. The Labute approximate surface area is 159 Å². The molecule has 2 fully saturated rings. The molecule has 3 unspecified atom stereocenters. The summed E-state index contributed by atoms with van der Waals surface area (Å²) in [5, 5.41) is 3.62. The van der Waals surface area contributed by atoms with E-state index in [4.69, 9.17) is 16.3 Å². The summed E-state index contributed by atoms with van der Waals surface area (Å²) in [7, 11) is 0. The minimum absolute atomic E-state index is 0.0269. The number of halogens is 1. The average Bonchev–Trinajstić information content (AvgIpc) is 3.13. The van der Waals surface area contributed by atoms with Crippen molar-refractivity contribution in [1.29, 1.82) is 0 Å². The van der Waals surface area contributed by atoms with Crippen LogP contribution in [0.4, 0.5) is 5.69 Å². The third-order valence-corrected chi connectivity index (χ3v) is 6.65. The molecule has 1 saturated carbocycles. The van der Waals surface area contributed by atoms with Crippen molar-refractivity contribution in [3.8, 4) is 0 Å². The summed E-state index contributed by atoms with van der Waals surface area (Å²) in [6, 6.07) is 5.47. The highest BCUT2D eigenvalue weighted by molar-refractivity contribution is 6.41. The fourth-order valence-electron chi connectivity index (χ4n) is 5.09. The van der Waals surface area contributed by atoms with Crippen LogP contribution in [0.5, 0.6) is 0 Å². The maximum absolute atomic E-state index is 12.9. The fourth-order valence-corrected chi connectivity index (χ4v) is 5.52. The molecule has 2 aliphatic heterocycles. The lowest BCUT2D eigenvalue weighted by atomic mass is 9.57. The number of anilines is 1. The van der Waals surface area contributed by atoms with Gasteiger partial charge in [0, 0.05) is 52.2 Å². The van der Waals surface area contributed by atoms with Crippen LogP contribution >= 0.6 is 11.6 Å². The van der Waals surface area contributed by atoms with E-state index in [2.05, 4.69) is 19.2 Å². The molecule has 1 aliphatic carbocycles. The Kier molecular flexibility index (Phi) is 3.90. The maximum Gasteiger partial charge on any atom is 0.316 e. The molecular formula is C20H25ClN2O3. The Morgan fingerprint density at radius 2 is 2.00 bits per heavy atom. The summed E-state index contributed by atoms with van der Waals surface area (Å²) in [5.41, 5.74) is 1.22. The Hall–Kier alpha value is -1.59. The van der Waals surface area contributed by atoms with Crippen LogP contribution in [0, 0.1) is 11.3 Å². The molecule has 2 amide bonds. The first-order valence-corrected chi connectivity index (χ1v) is 9.55. The minimum Gasteiger partial charge on any atom is -0.377 e. The standard InChI is InChI=1S/C20H25ClN2O3/c1-19(2)10-23(13-7-5-6-12(21)14(13)19)18(25)17(24)22-15-11-8-9-26-16(11)20(15,3)4/h5-7,11,15-16H,8-10H2,1-4H3,(H,22,24). The predicted octanol–water partition coefficient (Wildman–Crippen LogP) is 2.89. The van der Waals surface area contributed by atoms with E-state index < -0.39 is 11.8 Å². The second kappa shape index (κ2) is 5.70. The van der Waals surface area contributed by atoms with Gasteiger partial charge in [-0.25, -0.2) is 0 Å². The first-order valence-electron chi connectivity index (χ1n) is 9.17. The van der Waals surface area contributed by atoms with Crippen molar-refractivity contribution < 1.29 is 14.3 Å². The molecule has 0 radical (unpaired) electrons. The molecule has 2 heterocycles. The number of amides is 2. The topological polar surface area (TPSA) is 58.6 Å². The number of carbonyl (C=O) groups is 2. The molecule has 3 atom stereocenters. The highest BCUT2D eigenvalue weighted by Crippen LogP contribution is 2.52. The van der Waals surface area contributed by atoms with Gasteiger partial charge in [0.05, 0.1) is 6.10 Å². The summed E-state index contributed by atoms with van der Waals surface area (Å²) >= 11 is 6.37. The molecule has 1 saturated heterocycles. The normalized spacial score (nSPS) is 30.3. The Morgan fingerprint density at radius 1 is 1.27 bits per heavy atom. The van der Waals surface area contributed by atoms with Gasteiger partial charge >= 0.3 is 11.8 Å². The Bertz CT molecular complexity index is 789. The van der Waals surface area contributed by atoms with Crippen molar-refractivity contribution in [2.45, 2.75) is 51.7 Å². The van der Waals surface area contributed by atoms with Crippen molar-refractivity contribution in [3.63, 3.8) is 0 Å². The van der Waals surface area contributed by atoms with E-state index in [0.717, 1.165) is 24.3 Å². The van der Waals surface area contributed by atoms with Gasteiger partial charge in [-0.1, -0.05) is 45.4 Å². The quantitative estimate of drug-likeness (QED) is 0.767. The van der Waals surface area contributed by atoms with Crippen molar-refractivity contribution >= 4 is 29.1 Å². The lowest BCUT2D eigenvalue weighted by Gasteiger charge is -2.54. The van der Waals surface area contributed by atoms with Crippen molar-refractivity contribution in [3.05, 3.63) is 28.8 Å². The molecular weight excluding hydrogens is 352 g/mol. The number of benzene rings is 1. The molecule has 0 aromatic heterocycles. The number of ether oxygens (including phenoxy) is 1. The van der Waals surface area contributed by atoms with Gasteiger partial charge in [-0.2, -0.15) is 0 Å². The largest absolute Gasteiger partial charge is 0.377 e. The Morgan fingerprint density at radius 3 is 2.73 bits per heavy atom. The second-order valence-corrected chi connectivity index (χ2v) is 9.33. The van der Waals surface area contributed by atoms with Gasteiger partial charge in [-0.3, -0.25) is 9.59 Å². The number of hydrogen-bond donors (Lipinski definition) is 1. The van der Waals surface area contributed by atoms with E-state index in [0.29, 0.717) is 17.5 Å². The van der Waals surface area contributed by atoms with Crippen LogP contribution in [0.1, 0.15) is 39.7 Å². The van der Waals surface area contributed by atoms with Crippen LogP contribution in [0.25, 0.3) is 0 Å². The molecule has 4 rings (SSSR count). The molecule has 1 aromatic carbocycles. The summed E-state index contributed by atoms with van der Waals surface area (Å²) in [5.74, 6) is -0.757. The first-order chi connectivity index (χ1) is 12.1. The third-order valence-electron chi connectivity index (χ3n) is 6.34. The number of carbonyl (C=O) groups excluding carboxylic acids is 2. The zero-order valence-electron chi connectivity index (χ0n) is 15.6. The summed E-state index contributed by atoms with van der Waals surface area (Å²) in [6.07, 6.45) is 1.11. The first kappa shape index (κ1) is 17.8. The van der Waals surface area contributed by atoms with Gasteiger partial charge < -0.3 is 15.0 Å². The van der Waals surface area contributed by atoms with E-state index in [1.807, 2.05) is 32.0 Å². The number of nitrogens with one attached hydrogen (secondary N) is 1. The fraction of sp³-hybridized carbons (Fsp3) is 0.600. The van der Waals surface area contributed by atoms with Gasteiger partial charge in [0.25, 0.3) is 0 Å². The Balaban J connectivity index is 1.54. The van der Waals surface area contributed by atoms with Crippen LogP contribution < -0.4 is 10.2 Å². The van der Waals surface area contributed by atoms with E-state index in [-0.39, 0.29) is 23.0 Å². The lowest BCUT2D eigenvalue weighted by Crippen LogP contribution is -2.67. The van der Waals surface area contributed by atoms with Gasteiger partial charge in [-0.15, -0.1) is 0 Å². The van der Waals surface area contributed by atoms with Crippen LogP contribution in [-0.4, -0.2) is 37.1 Å². The van der Waals surface area contributed by atoms with Gasteiger partial charge in [0.1, 0.15) is 0 Å². The highest BCUT2D eigenvalue weighted by atomic mass is 35.5. The molecule has 3 aliphatic rings. The monoisotopic (exact) mass is 376 g/mol. The van der Waals surface area contributed by atoms with Crippen LogP contribution in [-0.2, 0) is 19.7 Å². The molecule has 1 aromatic rings. The molecule has 26 heavy (non-hydrogen) atoms. The molecule has 5 nitrogen and oxygen atoms in total. The minimum atomic E-state index is -0.544. The third kappa shape index (κ3) is 2.40. The van der Waals surface area contributed by atoms with Crippen LogP contribution in [0.15, 0.2) is 18.2 Å². The number of fused-ring (bicyclic) bond motifs is 2. The SMILES string of the molecule is CC1(C)CN(C(=O)C(=O)NC2C3CCOC3C2(C)C)c2cccc(Cl)c21. The highest BCUT2D eigenvalue weighted by Gasteiger charge is 2.60. The van der Waals surface area contributed by atoms with Crippen molar-refractivity contribution in [1.82, 2.24) is 5.32 Å². The second-order valence-electron chi connectivity index (χ2n) is 8.93. The smallest absolute Gasteiger partial charge is 0.316 e. The zero-order chi connectivity index (χ0) is 18.9. The van der Waals surface area contributed by atoms with Gasteiger partial charge in [-0.05, 0) is 18.6 Å². The number of nitrogens with zero attached hydrogens (tertiary/aromatic N) is 1. The zero-order valence-corrected chi connectivity index (χ0v) is 16.4. The van der Waals surface area contributed by atoms with Gasteiger partial charge in [0.2, 0.25) is 0 Å². The lowest BCUT2D eigenvalue weighted by molar-refractivity contribution is -0.146. The molecule has 1 N–H and O–H groups in total. The number of rotatable bonds is 1. The summed E-state index contributed by atoms with van der Waals surface area (Å²) in [4.78, 5) is 27.2. The molecule has 0 spiro atoms. The molecule has 0 bridgehead atoms. The van der Waals surface area contributed by atoms with Crippen molar-refractivity contribution in [2.75, 3.05) is 18.1 Å².